The van der Waals surface area contributed by atoms with E-state index in [9.17, 15) is 4.21 Å². The first-order valence-corrected chi connectivity index (χ1v) is 8.53. The molecule has 1 aliphatic rings. The van der Waals surface area contributed by atoms with E-state index in [0.717, 1.165) is 17.7 Å². The number of ether oxygens (including phenoxy) is 1. The molecule has 0 aromatic heterocycles. The standard InChI is InChI=1S/C17H19NO2S/c18-16-6-1-2-7-17(16)20-10-11-21(19)15-9-8-13-4-3-5-14(13)12-15/h1-2,6-9,12H,3-5,10-11,18H2. The maximum absolute atomic E-state index is 12.3. The number of nitrogens with two attached hydrogens (primary N) is 1. The van der Waals surface area contributed by atoms with Crippen molar-refractivity contribution in [3.8, 4) is 5.75 Å². The largest absolute Gasteiger partial charge is 0.490 e. The van der Waals surface area contributed by atoms with Crippen molar-refractivity contribution in [2.24, 2.45) is 0 Å². The molecule has 0 heterocycles. The molecule has 0 bridgehead atoms. The van der Waals surface area contributed by atoms with E-state index in [1.165, 1.54) is 17.5 Å². The fourth-order valence-corrected chi connectivity index (χ4v) is 3.61. The molecule has 0 amide bonds. The summed E-state index contributed by atoms with van der Waals surface area (Å²) in [6, 6.07) is 13.6. The van der Waals surface area contributed by atoms with Crippen LogP contribution in [-0.4, -0.2) is 16.6 Å². The van der Waals surface area contributed by atoms with Gasteiger partial charge < -0.3 is 10.5 Å². The Morgan fingerprint density at radius 2 is 1.90 bits per heavy atom. The monoisotopic (exact) mass is 301 g/mol. The fraction of sp³-hybridized carbons (Fsp3) is 0.294. The van der Waals surface area contributed by atoms with Crippen LogP contribution in [0.5, 0.6) is 5.75 Å². The fourth-order valence-electron chi connectivity index (χ4n) is 2.65. The minimum absolute atomic E-state index is 0.401. The first-order valence-electron chi connectivity index (χ1n) is 7.21. The number of hydrogen-bond acceptors (Lipinski definition) is 3. The van der Waals surface area contributed by atoms with Crippen LogP contribution in [0.3, 0.4) is 0 Å². The van der Waals surface area contributed by atoms with Gasteiger partial charge in [-0.1, -0.05) is 18.2 Å². The Morgan fingerprint density at radius 1 is 1.10 bits per heavy atom. The third-order valence-electron chi connectivity index (χ3n) is 3.78. The molecule has 2 aromatic rings. The lowest BCUT2D eigenvalue weighted by molar-refractivity contribution is 0.344. The summed E-state index contributed by atoms with van der Waals surface area (Å²) in [5.74, 6) is 1.14. The number of aryl methyl sites for hydroxylation is 2. The maximum Gasteiger partial charge on any atom is 0.142 e. The summed E-state index contributed by atoms with van der Waals surface area (Å²) in [4.78, 5) is 0.903. The van der Waals surface area contributed by atoms with Gasteiger partial charge in [0.2, 0.25) is 0 Å². The van der Waals surface area contributed by atoms with Crippen LogP contribution < -0.4 is 10.5 Å². The molecule has 1 unspecified atom stereocenters. The van der Waals surface area contributed by atoms with Crippen LogP contribution in [0, 0.1) is 0 Å². The highest BCUT2D eigenvalue weighted by molar-refractivity contribution is 7.85. The van der Waals surface area contributed by atoms with Gasteiger partial charge in [0.1, 0.15) is 12.4 Å². The number of anilines is 1. The van der Waals surface area contributed by atoms with Gasteiger partial charge >= 0.3 is 0 Å². The second kappa shape index (κ2) is 6.31. The zero-order valence-electron chi connectivity index (χ0n) is 11.9. The van der Waals surface area contributed by atoms with E-state index < -0.39 is 10.8 Å². The summed E-state index contributed by atoms with van der Waals surface area (Å²) >= 11 is 0. The number of fused-ring (bicyclic) bond motifs is 1. The molecule has 3 rings (SSSR count). The predicted molar refractivity (Wildman–Crippen MR) is 86.1 cm³/mol. The van der Waals surface area contributed by atoms with E-state index in [-0.39, 0.29) is 0 Å². The summed E-state index contributed by atoms with van der Waals surface area (Å²) < 4.78 is 17.9. The summed E-state index contributed by atoms with van der Waals surface area (Å²) in [6.07, 6.45) is 3.47. The van der Waals surface area contributed by atoms with Crippen LogP contribution in [0.1, 0.15) is 17.5 Å². The molecule has 4 heteroatoms. The van der Waals surface area contributed by atoms with Crippen molar-refractivity contribution < 1.29 is 8.95 Å². The minimum Gasteiger partial charge on any atom is -0.490 e. The van der Waals surface area contributed by atoms with Gasteiger partial charge in [0.25, 0.3) is 0 Å². The highest BCUT2D eigenvalue weighted by Crippen LogP contribution is 2.24. The van der Waals surface area contributed by atoms with E-state index in [1.54, 1.807) is 6.07 Å². The van der Waals surface area contributed by atoms with Crippen molar-refractivity contribution in [2.75, 3.05) is 18.1 Å². The van der Waals surface area contributed by atoms with Crippen molar-refractivity contribution in [2.45, 2.75) is 24.2 Å². The number of rotatable bonds is 5. The van der Waals surface area contributed by atoms with Gasteiger partial charge in [-0.3, -0.25) is 4.21 Å². The van der Waals surface area contributed by atoms with Gasteiger partial charge in [0, 0.05) is 4.90 Å². The molecule has 0 saturated heterocycles. The third kappa shape index (κ3) is 3.27. The molecule has 1 aliphatic carbocycles. The van der Waals surface area contributed by atoms with Crippen molar-refractivity contribution in [3.05, 3.63) is 53.6 Å². The summed E-state index contributed by atoms with van der Waals surface area (Å²) in [5, 5.41) is 0. The van der Waals surface area contributed by atoms with Crippen molar-refractivity contribution in [1.29, 1.82) is 0 Å². The molecular weight excluding hydrogens is 282 g/mol. The van der Waals surface area contributed by atoms with Crippen LogP contribution in [0.4, 0.5) is 5.69 Å². The number of nitrogen functional groups attached to an aromatic ring is 1. The molecule has 2 aromatic carbocycles. The van der Waals surface area contributed by atoms with E-state index in [4.69, 9.17) is 10.5 Å². The minimum atomic E-state index is -1.02. The van der Waals surface area contributed by atoms with E-state index in [2.05, 4.69) is 12.1 Å². The Kier molecular flexibility index (Phi) is 4.25. The molecule has 0 saturated carbocycles. The lowest BCUT2D eigenvalue weighted by Crippen LogP contribution is -2.09. The lowest BCUT2D eigenvalue weighted by Gasteiger charge is -2.09. The van der Waals surface area contributed by atoms with Gasteiger partial charge in [-0.25, -0.2) is 0 Å². The lowest BCUT2D eigenvalue weighted by atomic mass is 10.1. The van der Waals surface area contributed by atoms with Crippen LogP contribution >= 0.6 is 0 Å². The predicted octanol–water partition coefficient (Wildman–Crippen LogP) is 2.94. The average molecular weight is 301 g/mol. The molecule has 0 spiro atoms. The Hall–Kier alpha value is -1.81. The molecule has 0 fully saturated rings. The summed E-state index contributed by atoms with van der Waals surface area (Å²) in [5.41, 5.74) is 9.18. The molecule has 0 aliphatic heterocycles. The average Bonchev–Trinajstić information content (AvgIpc) is 2.96. The first kappa shape index (κ1) is 14.1. The van der Waals surface area contributed by atoms with Gasteiger partial charge in [-0.2, -0.15) is 0 Å². The van der Waals surface area contributed by atoms with Gasteiger partial charge in [-0.15, -0.1) is 0 Å². The third-order valence-corrected chi connectivity index (χ3v) is 5.10. The van der Waals surface area contributed by atoms with E-state index >= 15 is 0 Å². The van der Waals surface area contributed by atoms with Crippen molar-refractivity contribution in [3.63, 3.8) is 0 Å². The first-order chi connectivity index (χ1) is 10.2. The highest BCUT2D eigenvalue weighted by Gasteiger charge is 2.13. The molecule has 1 atom stereocenters. The molecule has 21 heavy (non-hydrogen) atoms. The molecule has 2 N–H and O–H groups in total. The second-order valence-corrected chi connectivity index (χ2v) is 6.79. The van der Waals surface area contributed by atoms with Crippen LogP contribution in [0.2, 0.25) is 0 Å². The van der Waals surface area contributed by atoms with Crippen molar-refractivity contribution in [1.82, 2.24) is 0 Å². The number of benzene rings is 2. The van der Waals surface area contributed by atoms with Crippen LogP contribution in [0.15, 0.2) is 47.4 Å². The molecule has 3 nitrogen and oxygen atoms in total. The Balaban J connectivity index is 1.58. The smallest absolute Gasteiger partial charge is 0.142 e. The molecular formula is C17H19NO2S. The van der Waals surface area contributed by atoms with Crippen molar-refractivity contribution >= 4 is 16.5 Å². The van der Waals surface area contributed by atoms with Gasteiger partial charge in [0.05, 0.1) is 22.2 Å². The summed E-state index contributed by atoms with van der Waals surface area (Å²) in [7, 11) is -1.02. The van der Waals surface area contributed by atoms with E-state index in [1.807, 2.05) is 24.3 Å². The maximum atomic E-state index is 12.3. The molecule has 110 valence electrons. The van der Waals surface area contributed by atoms with E-state index in [0.29, 0.717) is 23.8 Å². The SMILES string of the molecule is Nc1ccccc1OCCS(=O)c1ccc2c(c1)CCC2. The number of para-hydroxylation sites is 2. The zero-order valence-corrected chi connectivity index (χ0v) is 12.7. The highest BCUT2D eigenvalue weighted by atomic mass is 32.2. The normalized spacial score (nSPS) is 14.7. The quantitative estimate of drug-likeness (QED) is 0.864. The van der Waals surface area contributed by atoms with Crippen LogP contribution in [0.25, 0.3) is 0 Å². The molecule has 0 radical (unpaired) electrons. The Morgan fingerprint density at radius 3 is 2.76 bits per heavy atom. The van der Waals surface area contributed by atoms with Gasteiger partial charge in [0.15, 0.2) is 0 Å². The van der Waals surface area contributed by atoms with Crippen LogP contribution in [-0.2, 0) is 23.6 Å². The second-order valence-electron chi connectivity index (χ2n) is 5.22. The summed E-state index contributed by atoms with van der Waals surface area (Å²) in [6.45, 7) is 0.401. The number of hydrogen-bond donors (Lipinski definition) is 1. The Labute approximate surface area is 127 Å². The zero-order chi connectivity index (χ0) is 14.7. The Bertz CT molecular complexity index is 670. The van der Waals surface area contributed by atoms with Gasteiger partial charge in [-0.05, 0) is 54.7 Å². The topological polar surface area (TPSA) is 52.3 Å².